The molecule has 1 saturated heterocycles. The molecule has 0 radical (unpaired) electrons. The Morgan fingerprint density at radius 3 is 2.44 bits per heavy atom. The quantitative estimate of drug-likeness (QED) is 0.532. The number of hydrogen-bond donors (Lipinski definition) is 1. The first kappa shape index (κ1) is 6.37. The third-order valence-corrected chi connectivity index (χ3v) is 3.33. The molecule has 1 aliphatic carbocycles. The summed E-state index contributed by atoms with van der Waals surface area (Å²) in [4.78, 5) is 0. The van der Waals surface area contributed by atoms with Crippen molar-refractivity contribution >= 4 is 22.9 Å². The smallest absolute Gasteiger partial charge is 0.0465 e. The van der Waals surface area contributed by atoms with Crippen molar-refractivity contribution in [2.75, 3.05) is 19.7 Å². The van der Waals surface area contributed by atoms with Crippen LogP contribution in [0.25, 0.3) is 0 Å². The molecule has 0 unspecified atom stereocenters. The maximum Gasteiger partial charge on any atom is 0.0465 e. The second-order valence-electron chi connectivity index (χ2n) is 3.00. The molecule has 0 aromatic heterocycles. The highest BCUT2D eigenvalue weighted by Crippen LogP contribution is 2.51. The molecule has 1 aliphatic heterocycles. The minimum absolute atomic E-state index is 0.416. The van der Waals surface area contributed by atoms with Crippen LogP contribution >= 0.6 is 22.9 Å². The average molecular weight is 239 g/mol. The molecule has 0 aromatic carbocycles. The van der Waals surface area contributed by atoms with E-state index in [1.165, 1.54) is 13.1 Å². The number of fused-ring (bicyclic) bond motifs is 1. The van der Waals surface area contributed by atoms with Gasteiger partial charge in [0.25, 0.3) is 0 Å². The normalized spacial score (nSPS) is 49.3. The van der Waals surface area contributed by atoms with Crippen LogP contribution in [0.3, 0.4) is 0 Å². The molecule has 1 saturated carbocycles. The monoisotopic (exact) mass is 239 g/mol. The van der Waals surface area contributed by atoms with E-state index in [4.69, 9.17) is 5.11 Å². The number of halogens is 1. The van der Waals surface area contributed by atoms with Gasteiger partial charge in [-0.3, -0.25) is 0 Å². The van der Waals surface area contributed by atoms with Gasteiger partial charge in [-0.25, -0.2) is 3.11 Å². The number of nitrogens with zero attached hydrogens (tertiary/aromatic N) is 1. The standard InChI is InChI=1S/C6H10INO/c7-8-1-4-5(2-8)6(4)3-9/h4-6,9H,1-3H2/t4-,5+,6-. The molecule has 2 fully saturated rings. The first-order valence-corrected chi connectivity index (χ1v) is 4.31. The third-order valence-electron chi connectivity index (χ3n) is 2.54. The number of rotatable bonds is 1. The molecule has 52 valence electrons. The molecule has 0 aromatic rings. The molecule has 3 heteroatoms. The summed E-state index contributed by atoms with van der Waals surface area (Å²) in [6, 6.07) is 0. The van der Waals surface area contributed by atoms with Gasteiger partial charge in [0.1, 0.15) is 0 Å². The molecule has 0 amide bonds. The number of piperidine rings is 1. The van der Waals surface area contributed by atoms with Gasteiger partial charge < -0.3 is 5.11 Å². The lowest BCUT2D eigenvalue weighted by Gasteiger charge is -2.08. The first-order valence-electron chi connectivity index (χ1n) is 3.34. The van der Waals surface area contributed by atoms with Crippen LogP contribution in [0.2, 0.25) is 0 Å². The maximum absolute atomic E-state index is 8.78. The molecule has 9 heavy (non-hydrogen) atoms. The van der Waals surface area contributed by atoms with Crippen molar-refractivity contribution in [3.63, 3.8) is 0 Å². The van der Waals surface area contributed by atoms with Crippen molar-refractivity contribution in [1.82, 2.24) is 3.11 Å². The Balaban J connectivity index is 1.91. The summed E-state index contributed by atoms with van der Waals surface area (Å²) in [5.74, 6) is 2.34. The van der Waals surface area contributed by atoms with Crippen molar-refractivity contribution in [2.24, 2.45) is 17.8 Å². The third kappa shape index (κ3) is 0.897. The fraction of sp³-hybridized carbons (Fsp3) is 1.00. The van der Waals surface area contributed by atoms with Crippen molar-refractivity contribution in [3.05, 3.63) is 0 Å². The zero-order chi connectivity index (χ0) is 6.43. The summed E-state index contributed by atoms with van der Waals surface area (Å²) in [5, 5.41) is 8.78. The first-order chi connectivity index (χ1) is 4.33. The Labute approximate surface area is 68.7 Å². The second-order valence-corrected chi connectivity index (χ2v) is 4.37. The summed E-state index contributed by atoms with van der Waals surface area (Å²) in [5.41, 5.74) is 0. The highest BCUT2D eigenvalue weighted by Gasteiger charge is 2.54. The molecular formula is C6H10INO. The van der Waals surface area contributed by atoms with Crippen molar-refractivity contribution in [3.8, 4) is 0 Å². The van der Waals surface area contributed by atoms with E-state index >= 15 is 0 Å². The number of hydrogen-bond acceptors (Lipinski definition) is 2. The van der Waals surface area contributed by atoms with Crippen LogP contribution < -0.4 is 0 Å². The largest absolute Gasteiger partial charge is 0.396 e. The van der Waals surface area contributed by atoms with Gasteiger partial charge >= 0.3 is 0 Å². The lowest BCUT2D eigenvalue weighted by atomic mass is 10.3. The average Bonchev–Trinajstić information content (AvgIpc) is 2.30. The Morgan fingerprint density at radius 1 is 1.44 bits per heavy atom. The minimum Gasteiger partial charge on any atom is -0.396 e. The Hall–Kier alpha value is 0.650. The van der Waals surface area contributed by atoms with Gasteiger partial charge in [-0.05, 0) is 17.8 Å². The summed E-state index contributed by atoms with van der Waals surface area (Å²) in [6.45, 7) is 2.83. The van der Waals surface area contributed by atoms with Crippen LogP contribution in [0, 0.1) is 17.8 Å². The van der Waals surface area contributed by atoms with Crippen LogP contribution in [0.15, 0.2) is 0 Å². The van der Waals surface area contributed by atoms with Crippen LogP contribution in [0.5, 0.6) is 0 Å². The van der Waals surface area contributed by atoms with Gasteiger partial charge in [-0.15, -0.1) is 0 Å². The van der Waals surface area contributed by atoms with Gasteiger partial charge in [0.15, 0.2) is 0 Å². The highest BCUT2D eigenvalue weighted by atomic mass is 127. The molecule has 0 spiro atoms. The van der Waals surface area contributed by atoms with Gasteiger partial charge in [-0.2, -0.15) is 0 Å². The number of aliphatic hydroxyl groups is 1. The van der Waals surface area contributed by atoms with Crippen LogP contribution in [-0.2, 0) is 0 Å². The second kappa shape index (κ2) is 2.07. The maximum atomic E-state index is 8.78. The molecule has 2 rings (SSSR count). The zero-order valence-electron chi connectivity index (χ0n) is 5.13. The molecule has 1 heterocycles. The van der Waals surface area contributed by atoms with Gasteiger partial charge in [0.05, 0.1) is 0 Å². The molecule has 2 nitrogen and oxygen atoms in total. The van der Waals surface area contributed by atoms with E-state index in [0.717, 1.165) is 11.8 Å². The lowest BCUT2D eigenvalue weighted by molar-refractivity contribution is 0.252. The van der Waals surface area contributed by atoms with E-state index in [9.17, 15) is 0 Å². The Morgan fingerprint density at radius 2 is 2.00 bits per heavy atom. The molecule has 3 atom stereocenters. The summed E-state index contributed by atoms with van der Waals surface area (Å²) < 4.78 is 2.32. The van der Waals surface area contributed by atoms with Crippen molar-refractivity contribution in [1.29, 1.82) is 0 Å². The molecule has 0 bridgehead atoms. The topological polar surface area (TPSA) is 23.5 Å². The molecule has 2 aliphatic rings. The van der Waals surface area contributed by atoms with Crippen LogP contribution in [0.4, 0.5) is 0 Å². The van der Waals surface area contributed by atoms with Crippen LogP contribution in [0.1, 0.15) is 0 Å². The van der Waals surface area contributed by atoms with Gasteiger partial charge in [-0.1, -0.05) is 0 Å². The lowest BCUT2D eigenvalue weighted by Crippen LogP contribution is -2.13. The van der Waals surface area contributed by atoms with E-state index < -0.39 is 0 Å². The summed E-state index contributed by atoms with van der Waals surface area (Å²) in [7, 11) is 0. The summed E-state index contributed by atoms with van der Waals surface area (Å²) in [6.07, 6.45) is 0. The molecular weight excluding hydrogens is 229 g/mol. The van der Waals surface area contributed by atoms with E-state index in [1.54, 1.807) is 0 Å². The fourth-order valence-corrected chi connectivity index (χ4v) is 2.78. The number of aliphatic hydroxyl groups excluding tert-OH is 1. The van der Waals surface area contributed by atoms with Crippen molar-refractivity contribution < 1.29 is 5.11 Å². The highest BCUT2D eigenvalue weighted by molar-refractivity contribution is 14.1. The predicted molar refractivity (Wildman–Crippen MR) is 43.1 cm³/mol. The van der Waals surface area contributed by atoms with Crippen LogP contribution in [-0.4, -0.2) is 27.9 Å². The van der Waals surface area contributed by atoms with Crippen molar-refractivity contribution in [2.45, 2.75) is 0 Å². The van der Waals surface area contributed by atoms with E-state index in [0.29, 0.717) is 12.5 Å². The van der Waals surface area contributed by atoms with Gasteiger partial charge in [0, 0.05) is 42.6 Å². The fourth-order valence-electron chi connectivity index (χ4n) is 1.87. The Kier molecular flexibility index (Phi) is 1.46. The van der Waals surface area contributed by atoms with E-state index in [1.807, 2.05) is 0 Å². The Bertz CT molecular complexity index is 118. The molecule has 1 N–H and O–H groups in total. The van der Waals surface area contributed by atoms with E-state index in [-0.39, 0.29) is 0 Å². The van der Waals surface area contributed by atoms with Gasteiger partial charge in [0.2, 0.25) is 0 Å². The van der Waals surface area contributed by atoms with E-state index in [2.05, 4.69) is 26.0 Å². The predicted octanol–water partition coefficient (Wildman–Crippen LogP) is 0.506. The summed E-state index contributed by atoms with van der Waals surface area (Å²) >= 11 is 2.36. The minimum atomic E-state index is 0.416. The SMILES string of the molecule is OC[C@H]1[C@H]2CN(I)C[C@@H]12. The zero-order valence-corrected chi connectivity index (χ0v) is 7.28.